The van der Waals surface area contributed by atoms with Crippen molar-refractivity contribution < 1.29 is 42.7 Å². The zero-order chi connectivity index (χ0) is 26.8. The number of rotatable bonds is 7. The lowest BCUT2D eigenvalue weighted by Gasteiger charge is -2.33. The predicted octanol–water partition coefficient (Wildman–Crippen LogP) is 0.812. The first kappa shape index (κ1) is 25.7. The molecule has 1 saturated heterocycles. The lowest BCUT2D eigenvalue weighted by molar-refractivity contribution is -0.385. The molecule has 2 atom stereocenters. The summed E-state index contributed by atoms with van der Waals surface area (Å²) in [6.45, 7) is 1.82. The lowest BCUT2D eigenvalue weighted by Crippen LogP contribution is -2.52. The van der Waals surface area contributed by atoms with Crippen molar-refractivity contribution >= 4 is 29.1 Å². The smallest absolute Gasteiger partial charge is 0.434 e. The molecule has 200 valence electrons. The fourth-order valence-electron chi connectivity index (χ4n) is 4.83. The second kappa shape index (κ2) is 10.8. The second-order valence-corrected chi connectivity index (χ2v) is 9.26. The molecule has 0 aromatic carbocycles. The van der Waals surface area contributed by atoms with Crippen LogP contribution in [-0.2, 0) is 28.6 Å². The normalized spacial score (nSPS) is 24.7. The number of ether oxygens (including phenoxy) is 3. The van der Waals surface area contributed by atoms with E-state index in [0.717, 1.165) is 4.58 Å². The number of carbonyl (C=O) groups is 3. The van der Waals surface area contributed by atoms with E-state index < -0.39 is 35.2 Å². The first-order valence-electron chi connectivity index (χ1n) is 12.4. The minimum Gasteiger partial charge on any atom is -0.504 e. The number of aliphatic imine (C=N–C) groups is 1. The molecule has 11 nitrogen and oxygen atoms in total. The molecule has 0 spiro atoms. The van der Waals surface area contributed by atoms with Crippen LogP contribution in [0.5, 0.6) is 0 Å². The van der Waals surface area contributed by atoms with Crippen molar-refractivity contribution in [2.24, 2.45) is 10.9 Å². The van der Waals surface area contributed by atoms with Gasteiger partial charge in [-0.15, -0.1) is 4.58 Å². The Balaban J connectivity index is 1.53. The second-order valence-electron chi connectivity index (χ2n) is 9.26. The van der Waals surface area contributed by atoms with E-state index in [1.165, 1.54) is 31.7 Å². The number of aliphatic hydroxyl groups is 1. The number of methoxy groups -OCH3 is 1. The molecular weight excluding hydrogens is 499 g/mol. The number of nitrogens with one attached hydrogen (secondary N) is 1. The van der Waals surface area contributed by atoms with Crippen LogP contribution in [0.3, 0.4) is 0 Å². The zero-order valence-electron chi connectivity index (χ0n) is 20.8. The molecule has 0 radical (unpaired) electrons. The summed E-state index contributed by atoms with van der Waals surface area (Å²) in [4.78, 5) is 45.7. The summed E-state index contributed by atoms with van der Waals surface area (Å²) in [5.41, 5.74) is 0.382. The highest BCUT2D eigenvalue weighted by atomic mass is 19.1. The molecule has 0 aromatic rings. The van der Waals surface area contributed by atoms with Gasteiger partial charge in [-0.3, -0.25) is 9.59 Å². The third-order valence-electron chi connectivity index (χ3n) is 6.80. The summed E-state index contributed by atoms with van der Waals surface area (Å²) in [6, 6.07) is 0. The van der Waals surface area contributed by atoms with Gasteiger partial charge >= 0.3 is 5.91 Å². The minimum atomic E-state index is -0.916. The van der Waals surface area contributed by atoms with Crippen molar-refractivity contribution in [3.8, 4) is 0 Å². The largest absolute Gasteiger partial charge is 0.504 e. The third kappa shape index (κ3) is 4.84. The third-order valence-corrected chi connectivity index (χ3v) is 6.80. The summed E-state index contributed by atoms with van der Waals surface area (Å²) >= 11 is 0. The Morgan fingerprint density at radius 2 is 2.13 bits per heavy atom. The van der Waals surface area contributed by atoms with E-state index in [1.807, 2.05) is 0 Å². The number of hydrogen-bond acceptors (Lipinski definition) is 8. The van der Waals surface area contributed by atoms with Gasteiger partial charge in [-0.05, 0) is 36.5 Å². The number of amides is 3. The Hall–Kier alpha value is -3.90. The Bertz CT molecular complexity index is 1280. The Morgan fingerprint density at radius 3 is 2.84 bits per heavy atom. The van der Waals surface area contributed by atoms with Gasteiger partial charge in [0.2, 0.25) is 12.3 Å². The van der Waals surface area contributed by atoms with Gasteiger partial charge in [-0.2, -0.15) is 0 Å². The van der Waals surface area contributed by atoms with Crippen LogP contribution >= 0.6 is 0 Å². The molecule has 0 bridgehead atoms. The molecule has 5 aliphatic rings. The van der Waals surface area contributed by atoms with Crippen LogP contribution in [-0.4, -0.2) is 96.4 Å². The maximum absolute atomic E-state index is 13.6. The summed E-state index contributed by atoms with van der Waals surface area (Å²) in [7, 11) is 1.47. The van der Waals surface area contributed by atoms with Crippen LogP contribution in [0.2, 0.25) is 0 Å². The molecule has 12 heteroatoms. The minimum absolute atomic E-state index is 0.00879. The van der Waals surface area contributed by atoms with Crippen molar-refractivity contribution in [2.75, 3.05) is 46.6 Å². The molecule has 3 amide bonds. The summed E-state index contributed by atoms with van der Waals surface area (Å²) in [6.07, 6.45) is 7.37. The van der Waals surface area contributed by atoms with E-state index in [2.05, 4.69) is 10.3 Å². The van der Waals surface area contributed by atoms with Gasteiger partial charge in [-0.25, -0.2) is 14.2 Å². The Morgan fingerprint density at radius 1 is 1.34 bits per heavy atom. The van der Waals surface area contributed by atoms with Crippen molar-refractivity contribution in [3.63, 3.8) is 0 Å². The molecule has 0 aromatic heterocycles. The van der Waals surface area contributed by atoms with Crippen LogP contribution in [0.1, 0.15) is 12.8 Å². The van der Waals surface area contributed by atoms with Gasteiger partial charge in [0.1, 0.15) is 5.83 Å². The van der Waals surface area contributed by atoms with Gasteiger partial charge in [0.15, 0.2) is 17.0 Å². The number of morpholine rings is 1. The van der Waals surface area contributed by atoms with Crippen molar-refractivity contribution in [2.45, 2.75) is 18.9 Å². The quantitative estimate of drug-likeness (QED) is 0.285. The molecule has 2 unspecified atom stereocenters. The first-order valence-corrected chi connectivity index (χ1v) is 12.4. The van der Waals surface area contributed by atoms with Crippen molar-refractivity contribution in [1.29, 1.82) is 0 Å². The van der Waals surface area contributed by atoms with E-state index in [9.17, 15) is 23.9 Å². The van der Waals surface area contributed by atoms with Gasteiger partial charge in [0, 0.05) is 32.9 Å². The number of halogens is 1. The first-order chi connectivity index (χ1) is 18.4. The molecule has 1 fully saturated rings. The van der Waals surface area contributed by atoms with Gasteiger partial charge in [0.05, 0.1) is 19.8 Å². The molecular formula is C26H28FN4O7+. The predicted molar refractivity (Wildman–Crippen MR) is 132 cm³/mol. The van der Waals surface area contributed by atoms with Crippen molar-refractivity contribution in [1.82, 2.24) is 10.2 Å². The number of carbonyl (C=O) groups excluding carboxylic acids is 3. The lowest BCUT2D eigenvalue weighted by atomic mass is 9.85. The standard InChI is InChI=1S/C26H27FN4O7/c1-36-9-6-28-24(33)19-22(32)20-21-23(16(13-29-20)12-15-2-4-17(27)5-3-15)38-18(14-31(21)26(19)35)25(34)30-7-10-37-11-8-30/h2,4-5,13-15,23H,3,6-12H2,1H3,(H-,28,32,33,35)/p+1. The van der Waals surface area contributed by atoms with Crippen molar-refractivity contribution in [3.05, 3.63) is 59.1 Å². The van der Waals surface area contributed by atoms with E-state index >= 15 is 0 Å². The molecule has 2 N–H and O–H groups in total. The zero-order valence-corrected chi connectivity index (χ0v) is 20.8. The van der Waals surface area contributed by atoms with Gasteiger partial charge < -0.3 is 29.5 Å². The van der Waals surface area contributed by atoms with E-state index in [-0.39, 0.29) is 42.1 Å². The highest BCUT2D eigenvalue weighted by molar-refractivity contribution is 6.52. The molecule has 5 rings (SSSR count). The molecule has 4 aliphatic heterocycles. The molecule has 4 heterocycles. The van der Waals surface area contributed by atoms with Crippen LogP contribution in [0.15, 0.2) is 64.1 Å². The average molecular weight is 528 g/mol. The number of aliphatic hydroxyl groups excluding tert-OH is 1. The maximum Gasteiger partial charge on any atom is 0.434 e. The monoisotopic (exact) mass is 527 g/mol. The van der Waals surface area contributed by atoms with E-state index in [1.54, 1.807) is 11.0 Å². The Kier molecular flexibility index (Phi) is 7.34. The number of hydrogen-bond donors (Lipinski definition) is 2. The van der Waals surface area contributed by atoms with Crippen LogP contribution in [0, 0.1) is 5.92 Å². The van der Waals surface area contributed by atoms with Gasteiger partial charge in [-0.1, -0.05) is 6.08 Å². The highest BCUT2D eigenvalue weighted by Gasteiger charge is 2.52. The Labute approximate surface area is 217 Å². The van der Waals surface area contributed by atoms with Crippen LogP contribution in [0.25, 0.3) is 0 Å². The molecule has 1 aliphatic carbocycles. The fraction of sp³-hybridized carbons (Fsp3) is 0.423. The summed E-state index contributed by atoms with van der Waals surface area (Å²) < 4.78 is 31.1. The summed E-state index contributed by atoms with van der Waals surface area (Å²) in [5.74, 6) is -3.03. The number of nitrogens with zero attached hydrogens (tertiary/aromatic N) is 3. The van der Waals surface area contributed by atoms with Crippen LogP contribution < -0.4 is 5.32 Å². The van der Waals surface area contributed by atoms with E-state index in [4.69, 9.17) is 14.2 Å². The fourth-order valence-corrected chi connectivity index (χ4v) is 4.83. The van der Waals surface area contributed by atoms with Gasteiger partial charge in [0.25, 0.3) is 23.3 Å². The maximum atomic E-state index is 13.6. The molecule has 38 heavy (non-hydrogen) atoms. The average Bonchev–Trinajstić information content (AvgIpc) is 2.93. The number of allylic oxidation sites excluding steroid dienone is 5. The highest BCUT2D eigenvalue weighted by Crippen LogP contribution is 2.34. The topological polar surface area (TPSA) is 130 Å². The molecule has 0 saturated carbocycles. The summed E-state index contributed by atoms with van der Waals surface area (Å²) in [5, 5.41) is 13.5. The van der Waals surface area contributed by atoms with Crippen LogP contribution in [0.4, 0.5) is 4.39 Å². The van der Waals surface area contributed by atoms with E-state index in [0.29, 0.717) is 44.7 Å². The SMILES string of the molecule is COCCNC(=O)C1=C(O)C2=NC=C(CC3C=CC(F)=CC3)C3OC(C(=O)N4CCOCC4)=C[N+](=C23)C1=O.